The average molecular weight is 341 g/mol. The van der Waals surface area contributed by atoms with E-state index >= 15 is 0 Å². The van der Waals surface area contributed by atoms with E-state index in [4.69, 9.17) is 9.97 Å². The maximum Gasteiger partial charge on any atom is 0.255 e. The predicted molar refractivity (Wildman–Crippen MR) is 105 cm³/mol. The molecule has 0 saturated carbocycles. The van der Waals surface area contributed by atoms with Gasteiger partial charge < -0.3 is 4.98 Å². The maximum absolute atomic E-state index is 12.3. The number of aromatic nitrogens is 3. The van der Waals surface area contributed by atoms with Crippen molar-refractivity contribution in [2.45, 2.75) is 20.8 Å². The molecule has 4 aromatic rings. The van der Waals surface area contributed by atoms with E-state index in [1.165, 1.54) is 5.56 Å². The summed E-state index contributed by atoms with van der Waals surface area (Å²) in [5.41, 5.74) is 7.86. The fourth-order valence-corrected chi connectivity index (χ4v) is 3.21. The van der Waals surface area contributed by atoms with Gasteiger partial charge in [-0.1, -0.05) is 29.8 Å². The highest BCUT2D eigenvalue weighted by Crippen LogP contribution is 2.29. The third-order valence-electron chi connectivity index (χ3n) is 4.52. The van der Waals surface area contributed by atoms with E-state index < -0.39 is 0 Å². The summed E-state index contributed by atoms with van der Waals surface area (Å²) in [4.78, 5) is 24.7. The topological polar surface area (TPSA) is 58.6 Å². The number of hydrogen-bond acceptors (Lipinski definition) is 3. The zero-order valence-corrected chi connectivity index (χ0v) is 15.0. The molecule has 2 aromatic carbocycles. The number of aryl methyl sites for hydroxylation is 3. The van der Waals surface area contributed by atoms with Gasteiger partial charge in [-0.3, -0.25) is 4.79 Å². The molecule has 0 unspecified atom stereocenters. The van der Waals surface area contributed by atoms with Crippen molar-refractivity contribution in [2.24, 2.45) is 0 Å². The van der Waals surface area contributed by atoms with E-state index in [9.17, 15) is 4.79 Å². The van der Waals surface area contributed by atoms with Gasteiger partial charge in [0, 0.05) is 22.9 Å². The second-order valence-electron chi connectivity index (χ2n) is 6.62. The molecule has 128 valence electrons. The summed E-state index contributed by atoms with van der Waals surface area (Å²) in [6.45, 7) is 6.03. The van der Waals surface area contributed by atoms with Gasteiger partial charge in [-0.25, -0.2) is 9.97 Å². The van der Waals surface area contributed by atoms with Crippen molar-refractivity contribution in [3.63, 3.8) is 0 Å². The minimum absolute atomic E-state index is 0.124. The van der Waals surface area contributed by atoms with Crippen molar-refractivity contribution in [2.75, 3.05) is 0 Å². The van der Waals surface area contributed by atoms with Crippen molar-refractivity contribution in [1.29, 1.82) is 0 Å². The van der Waals surface area contributed by atoms with Gasteiger partial charge in [-0.2, -0.15) is 0 Å². The van der Waals surface area contributed by atoms with E-state index in [2.05, 4.69) is 36.2 Å². The summed E-state index contributed by atoms with van der Waals surface area (Å²) in [7, 11) is 0. The molecule has 4 nitrogen and oxygen atoms in total. The smallest absolute Gasteiger partial charge is 0.255 e. The van der Waals surface area contributed by atoms with Crippen LogP contribution in [-0.4, -0.2) is 15.0 Å². The molecule has 1 N–H and O–H groups in total. The number of benzene rings is 2. The molecular formula is C22H19N3O. The molecule has 0 aliphatic heterocycles. The van der Waals surface area contributed by atoms with Crippen molar-refractivity contribution in [3.05, 3.63) is 81.9 Å². The van der Waals surface area contributed by atoms with Crippen molar-refractivity contribution in [3.8, 4) is 22.4 Å². The third-order valence-corrected chi connectivity index (χ3v) is 4.52. The van der Waals surface area contributed by atoms with E-state index in [0.29, 0.717) is 5.56 Å². The molecule has 26 heavy (non-hydrogen) atoms. The highest BCUT2D eigenvalue weighted by atomic mass is 16.1. The standard InChI is InChI=1S/C22H19N3O/c1-13-6-8-16(9-7-13)20-15(3)24-21-18(11-14(2)12-19(21)25-20)17-5-4-10-23-22(17)26/h4-12H,1-3H3,(H,23,26). The second-order valence-corrected chi connectivity index (χ2v) is 6.62. The van der Waals surface area contributed by atoms with E-state index in [1.54, 1.807) is 6.20 Å². The molecule has 0 spiro atoms. The van der Waals surface area contributed by atoms with Gasteiger partial charge in [0.25, 0.3) is 5.56 Å². The normalized spacial score (nSPS) is 11.0. The Morgan fingerprint density at radius 3 is 2.35 bits per heavy atom. The Hall–Kier alpha value is -3.27. The van der Waals surface area contributed by atoms with Gasteiger partial charge in [0.05, 0.1) is 22.4 Å². The predicted octanol–water partition coefficient (Wildman–Crippen LogP) is 4.58. The lowest BCUT2D eigenvalue weighted by Crippen LogP contribution is -2.08. The number of nitrogens with zero attached hydrogens (tertiary/aromatic N) is 2. The fraction of sp³-hybridized carbons (Fsp3) is 0.136. The van der Waals surface area contributed by atoms with Crippen LogP contribution < -0.4 is 5.56 Å². The molecule has 0 radical (unpaired) electrons. The monoisotopic (exact) mass is 341 g/mol. The molecule has 0 aliphatic carbocycles. The fourth-order valence-electron chi connectivity index (χ4n) is 3.21. The molecule has 4 rings (SSSR count). The van der Waals surface area contributed by atoms with E-state index in [1.807, 2.05) is 38.1 Å². The van der Waals surface area contributed by atoms with Crippen LogP contribution in [0.4, 0.5) is 0 Å². The first-order valence-electron chi connectivity index (χ1n) is 8.57. The molecule has 0 aliphatic rings. The lowest BCUT2D eigenvalue weighted by molar-refractivity contribution is 1.18. The van der Waals surface area contributed by atoms with E-state index in [-0.39, 0.29) is 5.56 Å². The molecule has 0 fully saturated rings. The molecule has 4 heteroatoms. The first-order valence-corrected chi connectivity index (χ1v) is 8.57. The van der Waals surface area contributed by atoms with Gasteiger partial charge in [-0.15, -0.1) is 0 Å². The summed E-state index contributed by atoms with van der Waals surface area (Å²) < 4.78 is 0. The van der Waals surface area contributed by atoms with Crippen molar-refractivity contribution < 1.29 is 0 Å². The average Bonchev–Trinajstić information content (AvgIpc) is 2.62. The Balaban J connectivity index is 2.00. The van der Waals surface area contributed by atoms with Crippen LogP contribution in [0.5, 0.6) is 0 Å². The maximum atomic E-state index is 12.3. The molecule has 0 saturated heterocycles. The number of nitrogens with one attached hydrogen (secondary N) is 1. The second kappa shape index (κ2) is 6.23. The molecular weight excluding hydrogens is 322 g/mol. The number of H-pyrrole nitrogens is 1. The van der Waals surface area contributed by atoms with Gasteiger partial charge >= 0.3 is 0 Å². The number of fused-ring (bicyclic) bond motifs is 1. The van der Waals surface area contributed by atoms with E-state index in [0.717, 1.165) is 39.1 Å². The zero-order chi connectivity index (χ0) is 18.3. The Morgan fingerprint density at radius 2 is 1.62 bits per heavy atom. The number of rotatable bonds is 2. The lowest BCUT2D eigenvalue weighted by atomic mass is 10.0. The number of aromatic amines is 1. The number of hydrogen-bond donors (Lipinski definition) is 1. The molecule has 2 heterocycles. The highest BCUT2D eigenvalue weighted by molar-refractivity contribution is 5.93. The lowest BCUT2D eigenvalue weighted by Gasteiger charge is -2.11. The van der Waals surface area contributed by atoms with Crippen LogP contribution in [0.3, 0.4) is 0 Å². The Morgan fingerprint density at radius 1 is 0.846 bits per heavy atom. The van der Waals surface area contributed by atoms with Crippen LogP contribution in [0.2, 0.25) is 0 Å². The summed E-state index contributed by atoms with van der Waals surface area (Å²) >= 11 is 0. The van der Waals surface area contributed by atoms with Crippen molar-refractivity contribution >= 4 is 11.0 Å². The minimum Gasteiger partial charge on any atom is -0.329 e. The van der Waals surface area contributed by atoms with Crippen LogP contribution in [0, 0.1) is 20.8 Å². The van der Waals surface area contributed by atoms with Crippen LogP contribution in [-0.2, 0) is 0 Å². The van der Waals surface area contributed by atoms with Crippen LogP contribution >= 0.6 is 0 Å². The molecule has 0 atom stereocenters. The van der Waals surface area contributed by atoms with Gasteiger partial charge in [-0.05, 0) is 50.6 Å². The Labute approximate surface area is 151 Å². The first-order chi connectivity index (χ1) is 12.5. The third kappa shape index (κ3) is 2.80. The van der Waals surface area contributed by atoms with Crippen LogP contribution in [0.25, 0.3) is 33.4 Å². The SMILES string of the molecule is Cc1ccc(-c2nc3cc(C)cc(-c4ccc[nH]c4=O)c3nc2C)cc1. The van der Waals surface area contributed by atoms with Crippen LogP contribution in [0.1, 0.15) is 16.8 Å². The van der Waals surface area contributed by atoms with Crippen LogP contribution in [0.15, 0.2) is 59.5 Å². The summed E-state index contributed by atoms with van der Waals surface area (Å²) in [5, 5.41) is 0. The minimum atomic E-state index is -0.124. The van der Waals surface area contributed by atoms with Gasteiger partial charge in [0.1, 0.15) is 0 Å². The first kappa shape index (κ1) is 16.2. The van der Waals surface area contributed by atoms with Gasteiger partial charge in [0.15, 0.2) is 0 Å². The zero-order valence-electron chi connectivity index (χ0n) is 15.0. The molecule has 2 aromatic heterocycles. The Kier molecular flexibility index (Phi) is 3.88. The summed E-state index contributed by atoms with van der Waals surface area (Å²) in [6.07, 6.45) is 1.64. The number of pyridine rings is 1. The quantitative estimate of drug-likeness (QED) is 0.581. The van der Waals surface area contributed by atoms with Crippen molar-refractivity contribution in [1.82, 2.24) is 15.0 Å². The Bertz CT molecular complexity index is 1170. The molecule has 0 bridgehead atoms. The van der Waals surface area contributed by atoms with Gasteiger partial charge in [0.2, 0.25) is 0 Å². The summed E-state index contributed by atoms with van der Waals surface area (Å²) in [5.74, 6) is 0. The summed E-state index contributed by atoms with van der Waals surface area (Å²) in [6, 6.07) is 15.9. The largest absolute Gasteiger partial charge is 0.329 e. The highest BCUT2D eigenvalue weighted by Gasteiger charge is 2.14. The molecule has 0 amide bonds.